The van der Waals surface area contributed by atoms with Crippen molar-refractivity contribution in [1.29, 1.82) is 0 Å². The Bertz CT molecular complexity index is 1140. The third-order valence-corrected chi connectivity index (χ3v) is 5.31. The van der Waals surface area contributed by atoms with E-state index in [0.717, 1.165) is 22.5 Å². The molecule has 0 aliphatic heterocycles. The number of nitrogens with one attached hydrogen (secondary N) is 1. The van der Waals surface area contributed by atoms with Gasteiger partial charge in [0.2, 0.25) is 0 Å². The largest absolute Gasteiger partial charge is 0.396 e. The molecule has 3 aromatic carbocycles. The molecule has 2 N–H and O–H groups in total. The summed E-state index contributed by atoms with van der Waals surface area (Å²) in [4.78, 5) is 18.4. The molecule has 0 aliphatic rings. The van der Waals surface area contributed by atoms with E-state index < -0.39 is 0 Å². The number of benzene rings is 3. The van der Waals surface area contributed by atoms with Crippen molar-refractivity contribution < 1.29 is 9.90 Å². The van der Waals surface area contributed by atoms with E-state index in [4.69, 9.17) is 4.98 Å². The van der Waals surface area contributed by atoms with Gasteiger partial charge in [-0.05, 0) is 12.0 Å². The van der Waals surface area contributed by atoms with Gasteiger partial charge in [-0.25, -0.2) is 4.98 Å². The highest BCUT2D eigenvalue weighted by Crippen LogP contribution is 2.29. The van der Waals surface area contributed by atoms with Crippen LogP contribution in [0.4, 0.5) is 0 Å². The van der Waals surface area contributed by atoms with E-state index in [2.05, 4.69) is 5.32 Å². The minimum absolute atomic E-state index is 0.0218. The number of carbonyl (C=O) groups excluding carboxylic acids is 1. The molecule has 0 saturated carbocycles. The Labute approximate surface area is 182 Å². The van der Waals surface area contributed by atoms with Crippen molar-refractivity contribution in [2.24, 2.45) is 7.05 Å². The van der Waals surface area contributed by atoms with Crippen molar-refractivity contribution in [3.05, 3.63) is 102 Å². The van der Waals surface area contributed by atoms with Crippen LogP contribution < -0.4 is 5.32 Å². The van der Waals surface area contributed by atoms with E-state index in [-0.39, 0.29) is 18.6 Å². The van der Waals surface area contributed by atoms with E-state index >= 15 is 0 Å². The number of aliphatic hydroxyl groups excluding tert-OH is 1. The highest BCUT2D eigenvalue weighted by atomic mass is 16.3. The molecule has 0 spiro atoms. The maximum absolute atomic E-state index is 13.5. The molecule has 0 aliphatic carbocycles. The summed E-state index contributed by atoms with van der Waals surface area (Å²) < 4.78 is 1.84. The van der Waals surface area contributed by atoms with Gasteiger partial charge in [-0.3, -0.25) is 4.79 Å². The summed E-state index contributed by atoms with van der Waals surface area (Å²) in [7, 11) is 1.86. The van der Waals surface area contributed by atoms with Crippen molar-refractivity contribution >= 4 is 5.91 Å². The maximum Gasteiger partial charge on any atom is 0.270 e. The van der Waals surface area contributed by atoms with Gasteiger partial charge in [-0.1, -0.05) is 91.0 Å². The lowest BCUT2D eigenvalue weighted by Crippen LogP contribution is -2.31. The number of amides is 1. The number of imidazole rings is 1. The lowest BCUT2D eigenvalue weighted by atomic mass is 10.0. The zero-order valence-corrected chi connectivity index (χ0v) is 17.4. The van der Waals surface area contributed by atoms with Crippen LogP contribution in [0.3, 0.4) is 0 Å². The SMILES string of the molecule is Cn1c(-c2ccccc2)nc(-c2ccccc2)c1C(=O)NC(CCO)c1ccccc1. The van der Waals surface area contributed by atoms with Gasteiger partial charge in [0.1, 0.15) is 17.2 Å². The first-order valence-electron chi connectivity index (χ1n) is 10.3. The molecule has 5 heteroatoms. The number of rotatable bonds is 7. The molecule has 1 atom stereocenters. The molecule has 1 unspecified atom stereocenters. The lowest BCUT2D eigenvalue weighted by molar-refractivity contribution is 0.0922. The molecule has 0 bridgehead atoms. The number of hydrogen-bond acceptors (Lipinski definition) is 3. The molecule has 4 rings (SSSR count). The smallest absolute Gasteiger partial charge is 0.270 e. The third-order valence-electron chi connectivity index (χ3n) is 5.31. The van der Waals surface area contributed by atoms with Crippen LogP contribution in [0.2, 0.25) is 0 Å². The Morgan fingerprint density at radius 1 is 0.903 bits per heavy atom. The minimum Gasteiger partial charge on any atom is -0.396 e. The summed E-state index contributed by atoms with van der Waals surface area (Å²) in [6.07, 6.45) is 0.430. The van der Waals surface area contributed by atoms with E-state index in [9.17, 15) is 9.90 Å². The van der Waals surface area contributed by atoms with Crippen molar-refractivity contribution in [2.45, 2.75) is 12.5 Å². The third kappa shape index (κ3) is 4.42. The molecule has 0 radical (unpaired) electrons. The number of carbonyl (C=O) groups is 1. The van der Waals surface area contributed by atoms with Crippen molar-refractivity contribution in [3.8, 4) is 22.6 Å². The van der Waals surface area contributed by atoms with E-state index in [1.54, 1.807) is 0 Å². The fraction of sp³-hybridized carbons (Fsp3) is 0.154. The zero-order chi connectivity index (χ0) is 21.6. The van der Waals surface area contributed by atoms with Gasteiger partial charge in [0.25, 0.3) is 5.91 Å². The van der Waals surface area contributed by atoms with Gasteiger partial charge in [0.05, 0.1) is 6.04 Å². The molecule has 1 aromatic heterocycles. The average Bonchev–Trinajstić information content (AvgIpc) is 3.17. The summed E-state index contributed by atoms with van der Waals surface area (Å²) in [6.45, 7) is -0.0218. The van der Waals surface area contributed by atoms with Crippen LogP contribution in [0.5, 0.6) is 0 Å². The summed E-state index contributed by atoms with van der Waals surface area (Å²) in [5.74, 6) is 0.501. The zero-order valence-electron chi connectivity index (χ0n) is 17.4. The molecule has 1 amide bonds. The maximum atomic E-state index is 13.5. The van der Waals surface area contributed by atoms with Crippen molar-refractivity contribution in [3.63, 3.8) is 0 Å². The standard InChI is InChI=1S/C26H25N3O2/c1-29-24(26(31)27-22(17-18-30)19-11-5-2-6-12-19)23(20-13-7-3-8-14-20)28-25(29)21-15-9-4-10-16-21/h2-16,22,30H,17-18H2,1H3,(H,27,31). The Morgan fingerprint density at radius 2 is 1.45 bits per heavy atom. The molecule has 5 nitrogen and oxygen atoms in total. The Morgan fingerprint density at radius 3 is 2.03 bits per heavy atom. The Kier molecular flexibility index (Phi) is 6.24. The van der Waals surface area contributed by atoms with Crippen LogP contribution in [0, 0.1) is 0 Å². The van der Waals surface area contributed by atoms with Gasteiger partial charge in [-0.15, -0.1) is 0 Å². The van der Waals surface area contributed by atoms with Crippen LogP contribution in [-0.2, 0) is 7.05 Å². The van der Waals surface area contributed by atoms with Crippen LogP contribution in [0.25, 0.3) is 22.6 Å². The van der Waals surface area contributed by atoms with Gasteiger partial charge < -0.3 is 15.0 Å². The van der Waals surface area contributed by atoms with Gasteiger partial charge in [0.15, 0.2) is 0 Å². The van der Waals surface area contributed by atoms with Crippen molar-refractivity contribution in [1.82, 2.24) is 14.9 Å². The molecular weight excluding hydrogens is 386 g/mol. The fourth-order valence-electron chi connectivity index (χ4n) is 3.76. The molecule has 31 heavy (non-hydrogen) atoms. The van der Waals surface area contributed by atoms with Crippen LogP contribution >= 0.6 is 0 Å². The molecule has 156 valence electrons. The molecule has 1 heterocycles. The van der Waals surface area contributed by atoms with E-state index in [1.165, 1.54) is 0 Å². The number of aromatic nitrogens is 2. The Balaban J connectivity index is 1.77. The van der Waals surface area contributed by atoms with Gasteiger partial charge >= 0.3 is 0 Å². The second kappa shape index (κ2) is 9.41. The van der Waals surface area contributed by atoms with Gasteiger partial charge in [0, 0.05) is 24.8 Å². The summed E-state index contributed by atoms with van der Waals surface area (Å²) in [5, 5.41) is 12.7. The van der Waals surface area contributed by atoms with Crippen LogP contribution in [0.1, 0.15) is 28.5 Å². The van der Waals surface area contributed by atoms with Gasteiger partial charge in [-0.2, -0.15) is 0 Å². The summed E-state index contributed by atoms with van der Waals surface area (Å²) in [6, 6.07) is 29.0. The molecule has 4 aromatic rings. The van der Waals surface area contributed by atoms with Crippen molar-refractivity contribution in [2.75, 3.05) is 6.61 Å². The second-order valence-electron chi connectivity index (χ2n) is 7.37. The lowest BCUT2D eigenvalue weighted by Gasteiger charge is -2.19. The summed E-state index contributed by atoms with van der Waals surface area (Å²) >= 11 is 0. The predicted octanol–water partition coefficient (Wildman–Crippen LogP) is 4.61. The fourth-order valence-corrected chi connectivity index (χ4v) is 3.76. The second-order valence-corrected chi connectivity index (χ2v) is 7.37. The highest BCUT2D eigenvalue weighted by molar-refractivity contribution is 5.99. The first-order chi connectivity index (χ1) is 15.2. The number of aliphatic hydroxyl groups is 1. The molecular formula is C26H25N3O2. The quantitative estimate of drug-likeness (QED) is 0.467. The van der Waals surface area contributed by atoms with Crippen LogP contribution in [-0.4, -0.2) is 27.2 Å². The Hall–Kier alpha value is -3.70. The molecule has 0 fully saturated rings. The van der Waals surface area contributed by atoms with Crippen LogP contribution in [0.15, 0.2) is 91.0 Å². The first kappa shape index (κ1) is 20.6. The predicted molar refractivity (Wildman–Crippen MR) is 122 cm³/mol. The average molecular weight is 412 g/mol. The topological polar surface area (TPSA) is 67.2 Å². The number of nitrogens with zero attached hydrogens (tertiary/aromatic N) is 2. The first-order valence-corrected chi connectivity index (χ1v) is 10.3. The molecule has 0 saturated heterocycles. The summed E-state index contributed by atoms with van der Waals surface area (Å²) in [5.41, 5.74) is 3.90. The number of hydrogen-bond donors (Lipinski definition) is 2. The van der Waals surface area contributed by atoms with E-state index in [0.29, 0.717) is 17.8 Å². The minimum atomic E-state index is -0.294. The monoisotopic (exact) mass is 411 g/mol. The van der Waals surface area contributed by atoms with E-state index in [1.807, 2.05) is 103 Å². The highest BCUT2D eigenvalue weighted by Gasteiger charge is 2.25. The normalized spacial score (nSPS) is 11.8.